The van der Waals surface area contributed by atoms with Crippen LogP contribution in [-0.2, 0) is 14.3 Å². The van der Waals surface area contributed by atoms with Crippen molar-refractivity contribution < 1.29 is 19.1 Å². The molecule has 0 aromatic rings. The fourth-order valence-electron chi connectivity index (χ4n) is 1.48. The molecule has 1 fully saturated rings. The van der Waals surface area contributed by atoms with Crippen LogP contribution in [0.5, 0.6) is 0 Å². The Hall–Kier alpha value is -1.30. The van der Waals surface area contributed by atoms with Crippen molar-refractivity contribution in [3.05, 3.63) is 0 Å². The van der Waals surface area contributed by atoms with E-state index in [9.17, 15) is 9.59 Å². The smallest absolute Gasteiger partial charge is 0.407 e. The first kappa shape index (κ1) is 12.8. The van der Waals surface area contributed by atoms with Gasteiger partial charge in [0, 0.05) is 12.6 Å². The summed E-state index contributed by atoms with van der Waals surface area (Å²) in [7, 11) is 1.36. The van der Waals surface area contributed by atoms with Gasteiger partial charge in [0.15, 0.2) is 0 Å². The lowest BCUT2D eigenvalue weighted by Crippen LogP contribution is -2.42. The van der Waals surface area contributed by atoms with Gasteiger partial charge in [0.05, 0.1) is 20.2 Å². The van der Waals surface area contributed by atoms with Crippen molar-refractivity contribution in [1.29, 1.82) is 0 Å². The first-order valence-electron chi connectivity index (χ1n) is 5.28. The average Bonchev–Trinajstić information content (AvgIpc) is 2.62. The van der Waals surface area contributed by atoms with Gasteiger partial charge in [-0.05, 0) is 13.8 Å². The van der Waals surface area contributed by atoms with Crippen molar-refractivity contribution in [2.24, 2.45) is 0 Å². The van der Waals surface area contributed by atoms with Crippen molar-refractivity contribution in [2.45, 2.75) is 26.0 Å². The zero-order valence-electron chi connectivity index (χ0n) is 9.86. The molecule has 0 aromatic carbocycles. The van der Waals surface area contributed by atoms with E-state index in [1.807, 2.05) is 18.7 Å². The molecule has 92 valence electrons. The Balaban J connectivity index is 2.44. The van der Waals surface area contributed by atoms with Gasteiger partial charge in [0.2, 0.25) is 0 Å². The van der Waals surface area contributed by atoms with Gasteiger partial charge in [-0.2, -0.15) is 0 Å². The van der Waals surface area contributed by atoms with Crippen LogP contribution in [-0.4, -0.2) is 55.9 Å². The van der Waals surface area contributed by atoms with Crippen LogP contribution in [0.2, 0.25) is 0 Å². The van der Waals surface area contributed by atoms with Crippen LogP contribution < -0.4 is 5.32 Å². The summed E-state index contributed by atoms with van der Waals surface area (Å²) in [4.78, 5) is 23.9. The van der Waals surface area contributed by atoms with Crippen molar-refractivity contribution >= 4 is 12.1 Å². The summed E-state index contributed by atoms with van der Waals surface area (Å²) in [5.41, 5.74) is 0. The molecule has 0 spiro atoms. The van der Waals surface area contributed by atoms with Gasteiger partial charge < -0.3 is 14.8 Å². The number of nitrogens with zero attached hydrogens (tertiary/aromatic N) is 1. The molecule has 0 bridgehead atoms. The first-order valence-corrected chi connectivity index (χ1v) is 5.28. The molecule has 1 saturated heterocycles. The molecule has 1 rings (SSSR count). The van der Waals surface area contributed by atoms with Gasteiger partial charge in [0.25, 0.3) is 0 Å². The molecule has 0 aromatic heterocycles. The second-order valence-electron chi connectivity index (χ2n) is 4.01. The first-order chi connectivity index (χ1) is 7.52. The van der Waals surface area contributed by atoms with Crippen LogP contribution in [0.15, 0.2) is 0 Å². The highest BCUT2D eigenvalue weighted by Crippen LogP contribution is 2.06. The highest BCUT2D eigenvalue weighted by atomic mass is 16.6. The Morgan fingerprint density at radius 2 is 2.38 bits per heavy atom. The van der Waals surface area contributed by atoms with E-state index < -0.39 is 6.09 Å². The summed E-state index contributed by atoms with van der Waals surface area (Å²) in [6.07, 6.45) is -0.591. The maximum absolute atomic E-state index is 11.2. The second-order valence-corrected chi connectivity index (χ2v) is 4.01. The van der Waals surface area contributed by atoms with E-state index in [1.54, 1.807) is 0 Å². The molecule has 1 aliphatic heterocycles. The lowest BCUT2D eigenvalue weighted by Gasteiger charge is -2.26. The fraction of sp³-hybridized carbons (Fsp3) is 0.800. The van der Waals surface area contributed by atoms with Crippen molar-refractivity contribution in [1.82, 2.24) is 10.2 Å². The number of ether oxygens (including phenoxy) is 2. The summed E-state index contributed by atoms with van der Waals surface area (Å²) in [6, 6.07) is 0.193. The minimum atomic E-state index is -0.397. The van der Waals surface area contributed by atoms with Gasteiger partial charge >= 0.3 is 12.1 Å². The summed E-state index contributed by atoms with van der Waals surface area (Å²) in [6.45, 7) is 5.19. The van der Waals surface area contributed by atoms with Gasteiger partial charge in [-0.25, -0.2) is 4.79 Å². The molecule has 1 N–H and O–H groups in total. The van der Waals surface area contributed by atoms with E-state index in [4.69, 9.17) is 4.74 Å². The van der Waals surface area contributed by atoms with Gasteiger partial charge in [-0.1, -0.05) is 0 Å². The average molecular weight is 230 g/mol. The number of hydrogen-bond acceptors (Lipinski definition) is 5. The molecule has 1 aliphatic rings. The molecule has 0 radical (unpaired) electrons. The van der Waals surface area contributed by atoms with E-state index >= 15 is 0 Å². The number of rotatable bonds is 5. The van der Waals surface area contributed by atoms with E-state index in [-0.39, 0.29) is 24.7 Å². The van der Waals surface area contributed by atoms with Gasteiger partial charge in [0.1, 0.15) is 6.10 Å². The van der Waals surface area contributed by atoms with Crippen LogP contribution in [0.3, 0.4) is 0 Å². The summed E-state index contributed by atoms with van der Waals surface area (Å²) >= 11 is 0. The summed E-state index contributed by atoms with van der Waals surface area (Å²) < 4.78 is 9.63. The third-order valence-electron chi connectivity index (χ3n) is 2.48. The van der Waals surface area contributed by atoms with E-state index in [1.165, 1.54) is 7.11 Å². The molecule has 0 aliphatic carbocycles. The molecule has 1 atom stereocenters. The molecule has 16 heavy (non-hydrogen) atoms. The molecule has 6 nitrogen and oxygen atoms in total. The number of methoxy groups -OCH3 is 1. The Morgan fingerprint density at radius 1 is 1.69 bits per heavy atom. The number of carbonyl (C=O) groups is 2. The Kier molecular flexibility index (Phi) is 4.54. The highest BCUT2D eigenvalue weighted by Gasteiger charge is 2.26. The topological polar surface area (TPSA) is 67.9 Å². The van der Waals surface area contributed by atoms with Crippen LogP contribution in [0.1, 0.15) is 13.8 Å². The maximum Gasteiger partial charge on any atom is 0.407 e. The maximum atomic E-state index is 11.2. The largest absolute Gasteiger partial charge is 0.468 e. The highest BCUT2D eigenvalue weighted by molar-refractivity contribution is 5.71. The molecule has 0 saturated carbocycles. The number of alkyl carbamates (subject to hydrolysis) is 1. The standard InChI is InChI=1S/C10H18N2O4/c1-7(2)12(6-9(13)15-3)5-8-4-11-10(14)16-8/h7-8H,4-6H2,1-3H3,(H,11,14). The number of cyclic esters (lactones) is 1. The van der Waals surface area contributed by atoms with E-state index in [2.05, 4.69) is 10.1 Å². The number of hydrogen-bond donors (Lipinski definition) is 1. The SMILES string of the molecule is COC(=O)CN(CC1CNC(=O)O1)C(C)C. The molecule has 6 heteroatoms. The van der Waals surface area contributed by atoms with Crippen LogP contribution >= 0.6 is 0 Å². The zero-order valence-corrected chi connectivity index (χ0v) is 9.86. The van der Waals surface area contributed by atoms with Crippen LogP contribution in [0.4, 0.5) is 4.79 Å². The second kappa shape index (κ2) is 5.69. The molecule has 1 heterocycles. The number of carbonyl (C=O) groups excluding carboxylic acids is 2. The number of amides is 1. The molecular weight excluding hydrogens is 212 g/mol. The Labute approximate surface area is 94.9 Å². The normalized spacial score (nSPS) is 19.8. The number of esters is 1. The van der Waals surface area contributed by atoms with E-state index in [0.717, 1.165) is 0 Å². The lowest BCUT2D eigenvalue weighted by molar-refractivity contribution is -0.142. The number of nitrogens with one attached hydrogen (secondary N) is 1. The predicted molar refractivity (Wildman–Crippen MR) is 57.0 cm³/mol. The van der Waals surface area contributed by atoms with Crippen molar-refractivity contribution in [3.8, 4) is 0 Å². The lowest BCUT2D eigenvalue weighted by atomic mass is 10.2. The minimum absolute atomic E-state index is 0.193. The quantitative estimate of drug-likeness (QED) is 0.672. The monoisotopic (exact) mass is 230 g/mol. The fourth-order valence-corrected chi connectivity index (χ4v) is 1.48. The van der Waals surface area contributed by atoms with Crippen molar-refractivity contribution in [2.75, 3.05) is 26.7 Å². The molecule has 1 unspecified atom stereocenters. The Morgan fingerprint density at radius 3 is 2.81 bits per heavy atom. The zero-order chi connectivity index (χ0) is 12.1. The third-order valence-corrected chi connectivity index (χ3v) is 2.48. The predicted octanol–water partition coefficient (Wildman–Crippen LogP) is -0.0218. The van der Waals surface area contributed by atoms with Crippen molar-refractivity contribution in [3.63, 3.8) is 0 Å². The summed E-state index contributed by atoms with van der Waals surface area (Å²) in [5, 5.41) is 2.58. The van der Waals surface area contributed by atoms with E-state index in [0.29, 0.717) is 13.1 Å². The third kappa shape index (κ3) is 3.69. The minimum Gasteiger partial charge on any atom is -0.468 e. The van der Waals surface area contributed by atoms with Gasteiger partial charge in [-0.15, -0.1) is 0 Å². The Bertz CT molecular complexity index is 268. The van der Waals surface area contributed by atoms with Gasteiger partial charge in [-0.3, -0.25) is 9.69 Å². The molecule has 1 amide bonds. The molecular formula is C10H18N2O4. The van der Waals surface area contributed by atoms with Crippen LogP contribution in [0, 0.1) is 0 Å². The summed E-state index contributed by atoms with van der Waals surface area (Å²) in [5.74, 6) is -0.286. The van der Waals surface area contributed by atoms with Crippen LogP contribution in [0.25, 0.3) is 0 Å².